The van der Waals surface area contributed by atoms with Crippen molar-refractivity contribution in [3.8, 4) is 5.69 Å². The van der Waals surface area contributed by atoms with E-state index in [2.05, 4.69) is 15.1 Å². The SMILES string of the molecule is Cc1cc(-n2cncn2)ccc1C(=O)n1ccccc1=NC(C)C. The predicted molar refractivity (Wildman–Crippen MR) is 91.0 cm³/mol. The lowest BCUT2D eigenvalue weighted by atomic mass is 10.1. The van der Waals surface area contributed by atoms with E-state index in [1.165, 1.54) is 6.33 Å². The van der Waals surface area contributed by atoms with Crippen molar-refractivity contribution < 1.29 is 4.79 Å². The fourth-order valence-corrected chi connectivity index (χ4v) is 2.48. The molecule has 0 N–H and O–H groups in total. The molecule has 24 heavy (non-hydrogen) atoms. The van der Waals surface area contributed by atoms with Gasteiger partial charge in [-0.25, -0.2) is 9.67 Å². The Hall–Kier alpha value is -3.02. The molecule has 0 aliphatic carbocycles. The summed E-state index contributed by atoms with van der Waals surface area (Å²) in [6, 6.07) is 11.3. The largest absolute Gasteiger partial charge is 0.268 e. The molecule has 2 aromatic heterocycles. The van der Waals surface area contributed by atoms with Crippen LogP contribution in [0.1, 0.15) is 29.8 Å². The van der Waals surface area contributed by atoms with E-state index in [-0.39, 0.29) is 11.9 Å². The minimum Gasteiger partial charge on any atom is -0.268 e. The average Bonchev–Trinajstić information content (AvgIpc) is 3.08. The number of nitrogens with zero attached hydrogens (tertiary/aromatic N) is 5. The Kier molecular flexibility index (Phi) is 4.37. The van der Waals surface area contributed by atoms with Crippen molar-refractivity contribution in [2.45, 2.75) is 26.8 Å². The first-order valence-electron chi connectivity index (χ1n) is 7.78. The highest BCUT2D eigenvalue weighted by molar-refractivity contribution is 5.97. The van der Waals surface area contributed by atoms with Gasteiger partial charge in [-0.3, -0.25) is 14.4 Å². The molecule has 0 amide bonds. The molecule has 6 heteroatoms. The fraction of sp³-hybridized carbons (Fsp3) is 0.222. The maximum atomic E-state index is 12.9. The second-order valence-corrected chi connectivity index (χ2v) is 5.80. The van der Waals surface area contributed by atoms with E-state index in [9.17, 15) is 4.79 Å². The molecule has 122 valence electrons. The number of carbonyl (C=O) groups is 1. The Bertz CT molecular complexity index is 923. The van der Waals surface area contributed by atoms with Gasteiger partial charge in [-0.2, -0.15) is 5.10 Å². The zero-order valence-corrected chi connectivity index (χ0v) is 13.9. The zero-order valence-electron chi connectivity index (χ0n) is 13.9. The first-order chi connectivity index (χ1) is 11.6. The summed E-state index contributed by atoms with van der Waals surface area (Å²) < 4.78 is 3.24. The van der Waals surface area contributed by atoms with Gasteiger partial charge in [0.15, 0.2) is 0 Å². The lowest BCUT2D eigenvalue weighted by Gasteiger charge is -2.11. The van der Waals surface area contributed by atoms with E-state index in [1.807, 2.05) is 57.2 Å². The van der Waals surface area contributed by atoms with Gasteiger partial charge in [0.25, 0.3) is 5.91 Å². The van der Waals surface area contributed by atoms with Gasteiger partial charge in [0.1, 0.15) is 18.1 Å². The molecule has 6 nitrogen and oxygen atoms in total. The third kappa shape index (κ3) is 3.17. The average molecular weight is 321 g/mol. The maximum absolute atomic E-state index is 12.9. The first kappa shape index (κ1) is 15.9. The third-order valence-electron chi connectivity index (χ3n) is 3.57. The van der Waals surface area contributed by atoms with Crippen LogP contribution >= 0.6 is 0 Å². The molecule has 0 spiro atoms. The summed E-state index contributed by atoms with van der Waals surface area (Å²) in [5, 5.41) is 4.11. The summed E-state index contributed by atoms with van der Waals surface area (Å²) in [6.07, 6.45) is 4.85. The molecule has 0 atom stereocenters. The van der Waals surface area contributed by atoms with Gasteiger partial charge in [0.05, 0.1) is 5.69 Å². The molecule has 3 aromatic rings. The Morgan fingerprint density at radius 1 is 1.21 bits per heavy atom. The van der Waals surface area contributed by atoms with Crippen molar-refractivity contribution in [2.24, 2.45) is 4.99 Å². The van der Waals surface area contributed by atoms with Crippen LogP contribution in [0.15, 0.2) is 60.2 Å². The van der Waals surface area contributed by atoms with Crippen LogP contribution in [-0.2, 0) is 0 Å². The van der Waals surface area contributed by atoms with E-state index in [0.29, 0.717) is 11.1 Å². The predicted octanol–water partition coefficient (Wildman–Crippen LogP) is 2.37. The molecule has 2 heterocycles. The summed E-state index contributed by atoms with van der Waals surface area (Å²) in [7, 11) is 0. The summed E-state index contributed by atoms with van der Waals surface area (Å²) in [6.45, 7) is 5.89. The van der Waals surface area contributed by atoms with E-state index < -0.39 is 0 Å². The van der Waals surface area contributed by atoms with Crippen LogP contribution in [0, 0.1) is 6.92 Å². The molecule has 0 aliphatic rings. The molecule has 0 unspecified atom stereocenters. The summed E-state index contributed by atoms with van der Waals surface area (Å²) in [5.74, 6) is -0.0994. The molecule has 3 rings (SSSR count). The van der Waals surface area contributed by atoms with Crippen molar-refractivity contribution in [3.05, 3.63) is 71.9 Å². The molecule has 0 saturated carbocycles. The van der Waals surface area contributed by atoms with Crippen LogP contribution in [-0.4, -0.2) is 31.3 Å². The van der Waals surface area contributed by atoms with E-state index >= 15 is 0 Å². The highest BCUT2D eigenvalue weighted by Gasteiger charge is 2.13. The van der Waals surface area contributed by atoms with Crippen molar-refractivity contribution in [1.82, 2.24) is 19.3 Å². The Morgan fingerprint density at radius 3 is 2.71 bits per heavy atom. The van der Waals surface area contributed by atoms with Gasteiger partial charge in [-0.05, 0) is 56.7 Å². The van der Waals surface area contributed by atoms with Crippen molar-refractivity contribution in [1.29, 1.82) is 0 Å². The van der Waals surface area contributed by atoms with Crippen molar-refractivity contribution >= 4 is 5.91 Å². The zero-order chi connectivity index (χ0) is 17.1. The summed E-state index contributed by atoms with van der Waals surface area (Å²) in [4.78, 5) is 21.4. The van der Waals surface area contributed by atoms with E-state index in [0.717, 1.165) is 11.3 Å². The molecular weight excluding hydrogens is 302 g/mol. The molecule has 0 aliphatic heterocycles. The third-order valence-corrected chi connectivity index (χ3v) is 3.57. The van der Waals surface area contributed by atoms with Crippen molar-refractivity contribution in [2.75, 3.05) is 0 Å². The lowest BCUT2D eigenvalue weighted by molar-refractivity contribution is 0.0954. The van der Waals surface area contributed by atoms with E-state index in [4.69, 9.17) is 0 Å². The second-order valence-electron chi connectivity index (χ2n) is 5.80. The second kappa shape index (κ2) is 6.62. The minimum absolute atomic E-state index is 0.0994. The number of rotatable bonds is 3. The minimum atomic E-state index is -0.0994. The highest BCUT2D eigenvalue weighted by atomic mass is 16.2. The molecular formula is C18H19N5O. The molecule has 1 aromatic carbocycles. The molecule has 0 bridgehead atoms. The van der Waals surface area contributed by atoms with Crippen molar-refractivity contribution in [3.63, 3.8) is 0 Å². The molecule has 0 fully saturated rings. The van der Waals surface area contributed by atoms with Crippen LogP contribution in [0.4, 0.5) is 0 Å². The smallest absolute Gasteiger partial charge is 0.263 e. The Balaban J connectivity index is 2.03. The van der Waals surface area contributed by atoms with Gasteiger partial charge in [-0.1, -0.05) is 6.07 Å². The van der Waals surface area contributed by atoms with Crippen LogP contribution < -0.4 is 5.49 Å². The van der Waals surface area contributed by atoms with Gasteiger partial charge in [0.2, 0.25) is 0 Å². The summed E-state index contributed by atoms with van der Waals surface area (Å²) in [5.41, 5.74) is 3.03. The number of aromatic nitrogens is 4. The topological polar surface area (TPSA) is 65.1 Å². The van der Waals surface area contributed by atoms with Crippen LogP contribution in [0.25, 0.3) is 5.69 Å². The number of aryl methyl sites for hydroxylation is 1. The van der Waals surface area contributed by atoms with Gasteiger partial charge >= 0.3 is 0 Å². The normalized spacial score (nSPS) is 11.9. The number of hydrogen-bond donors (Lipinski definition) is 0. The van der Waals surface area contributed by atoms with Crippen LogP contribution in [0.3, 0.4) is 0 Å². The van der Waals surface area contributed by atoms with Crippen LogP contribution in [0.5, 0.6) is 0 Å². The highest BCUT2D eigenvalue weighted by Crippen LogP contribution is 2.14. The van der Waals surface area contributed by atoms with Crippen LogP contribution in [0.2, 0.25) is 0 Å². The van der Waals surface area contributed by atoms with Gasteiger partial charge < -0.3 is 0 Å². The maximum Gasteiger partial charge on any atom is 0.263 e. The standard InChI is InChI=1S/C18H19N5O/c1-13(2)21-17-6-4-5-9-22(17)18(24)16-8-7-15(10-14(16)3)23-12-19-11-20-23/h4-13H,1-3H3. The van der Waals surface area contributed by atoms with Gasteiger partial charge in [0, 0.05) is 17.8 Å². The number of pyridine rings is 1. The quantitative estimate of drug-likeness (QED) is 0.744. The lowest BCUT2D eigenvalue weighted by Crippen LogP contribution is -2.28. The first-order valence-corrected chi connectivity index (χ1v) is 7.78. The number of benzene rings is 1. The Morgan fingerprint density at radius 2 is 2.04 bits per heavy atom. The molecule has 0 saturated heterocycles. The van der Waals surface area contributed by atoms with Gasteiger partial charge in [-0.15, -0.1) is 0 Å². The number of hydrogen-bond acceptors (Lipinski definition) is 4. The number of carbonyl (C=O) groups excluding carboxylic acids is 1. The molecule has 0 radical (unpaired) electrons. The fourth-order valence-electron chi connectivity index (χ4n) is 2.48. The van der Waals surface area contributed by atoms with E-state index in [1.54, 1.807) is 21.8 Å². The Labute approximate surface area is 140 Å². The summed E-state index contributed by atoms with van der Waals surface area (Å²) >= 11 is 0. The monoisotopic (exact) mass is 321 g/mol.